The molecule has 4 aliphatic carbocycles. The van der Waals surface area contributed by atoms with Crippen LogP contribution in [0.3, 0.4) is 0 Å². The third kappa shape index (κ3) is 4.69. The van der Waals surface area contributed by atoms with Gasteiger partial charge in [0, 0.05) is 24.3 Å². The Balaban J connectivity index is 1.34. The third-order valence-electron chi connectivity index (χ3n) is 8.28. The van der Waals surface area contributed by atoms with E-state index in [1.165, 1.54) is 5.56 Å². The van der Waals surface area contributed by atoms with E-state index in [1.807, 2.05) is 19.1 Å². The second-order valence-electron chi connectivity index (χ2n) is 10.1. The molecule has 1 aromatic carbocycles. The van der Waals surface area contributed by atoms with Crippen molar-refractivity contribution in [1.82, 2.24) is 5.32 Å². The highest BCUT2D eigenvalue weighted by molar-refractivity contribution is 5.83. The van der Waals surface area contributed by atoms with Gasteiger partial charge in [0.15, 0.2) is 0 Å². The molecule has 0 radical (unpaired) electrons. The third-order valence-corrected chi connectivity index (χ3v) is 8.28. The van der Waals surface area contributed by atoms with Crippen molar-refractivity contribution in [3.63, 3.8) is 0 Å². The number of alkyl halides is 2. The Labute approximate surface area is 188 Å². The van der Waals surface area contributed by atoms with Gasteiger partial charge in [-0.3, -0.25) is 4.79 Å². The lowest BCUT2D eigenvalue weighted by molar-refractivity contribution is -0.139. The summed E-state index contributed by atoms with van der Waals surface area (Å²) in [5, 5.41) is 3.12. The molecule has 0 spiro atoms. The standard InChI is InChI=1S/C26H34F3NO2/c1-2-19(17-27)18-32-22-5-3-20(4-6-22)24-11-14-25(15-12-24,16-13-24)23(31)30-21-7-9-26(28,29)10-8-21/h3-6,17,21H,2,7-16,18H2,1H3,(H,30,31)/b19-17+. The van der Waals surface area contributed by atoms with E-state index in [-0.39, 0.29) is 42.2 Å². The van der Waals surface area contributed by atoms with Crippen LogP contribution < -0.4 is 10.1 Å². The number of nitrogens with one attached hydrogen (secondary N) is 1. The first-order valence-electron chi connectivity index (χ1n) is 12.0. The zero-order chi connectivity index (χ0) is 22.8. The first-order valence-corrected chi connectivity index (χ1v) is 12.0. The van der Waals surface area contributed by atoms with E-state index in [0.717, 1.165) is 44.3 Å². The molecule has 1 aromatic rings. The molecule has 0 unspecified atom stereocenters. The van der Waals surface area contributed by atoms with Crippen LogP contribution in [0.2, 0.25) is 0 Å². The molecule has 0 atom stereocenters. The largest absolute Gasteiger partial charge is 0.489 e. The van der Waals surface area contributed by atoms with Crippen LogP contribution in [0.4, 0.5) is 13.2 Å². The van der Waals surface area contributed by atoms with Gasteiger partial charge in [0.1, 0.15) is 12.4 Å². The number of carbonyl (C=O) groups is 1. The van der Waals surface area contributed by atoms with Gasteiger partial charge in [-0.05, 0) is 86.5 Å². The number of hydrogen-bond acceptors (Lipinski definition) is 2. The van der Waals surface area contributed by atoms with Crippen molar-refractivity contribution in [1.29, 1.82) is 0 Å². The maximum atomic E-state index is 13.4. The zero-order valence-corrected chi connectivity index (χ0v) is 18.9. The van der Waals surface area contributed by atoms with Gasteiger partial charge in [0.25, 0.3) is 0 Å². The van der Waals surface area contributed by atoms with Crippen LogP contribution in [0.5, 0.6) is 5.75 Å². The van der Waals surface area contributed by atoms with Crippen molar-refractivity contribution in [3.8, 4) is 5.75 Å². The number of fused-ring (bicyclic) bond motifs is 3. The number of ether oxygens (including phenoxy) is 1. The van der Waals surface area contributed by atoms with Crippen molar-refractivity contribution in [3.05, 3.63) is 41.7 Å². The molecule has 3 nitrogen and oxygen atoms in total. The Hall–Kier alpha value is -1.98. The van der Waals surface area contributed by atoms with Gasteiger partial charge in [0.05, 0.1) is 6.33 Å². The minimum atomic E-state index is -2.57. The van der Waals surface area contributed by atoms with Crippen LogP contribution in [0.15, 0.2) is 36.2 Å². The second kappa shape index (κ2) is 9.11. The van der Waals surface area contributed by atoms with Crippen LogP contribution in [-0.2, 0) is 10.2 Å². The van der Waals surface area contributed by atoms with E-state index in [2.05, 4.69) is 17.4 Å². The average Bonchev–Trinajstić information content (AvgIpc) is 2.82. The monoisotopic (exact) mass is 449 g/mol. The summed E-state index contributed by atoms with van der Waals surface area (Å²) < 4.78 is 45.2. The van der Waals surface area contributed by atoms with Crippen molar-refractivity contribution in [2.75, 3.05) is 6.61 Å². The molecule has 4 aliphatic rings. The van der Waals surface area contributed by atoms with Gasteiger partial charge in [-0.2, -0.15) is 0 Å². The molecule has 1 amide bonds. The Morgan fingerprint density at radius 3 is 2.16 bits per heavy atom. The molecule has 0 saturated heterocycles. The number of halogens is 3. The molecule has 2 bridgehead atoms. The lowest BCUT2D eigenvalue weighted by atomic mass is 9.51. The van der Waals surface area contributed by atoms with Gasteiger partial charge in [-0.1, -0.05) is 19.1 Å². The quantitative estimate of drug-likeness (QED) is 0.508. The predicted octanol–water partition coefficient (Wildman–Crippen LogP) is 6.61. The van der Waals surface area contributed by atoms with Gasteiger partial charge in [-0.25, -0.2) is 13.2 Å². The SMILES string of the molecule is CC/C(=C\F)COc1ccc(C23CCC(C(=O)NC4CCC(F)(F)CC4)(CC2)CC3)cc1. The summed E-state index contributed by atoms with van der Waals surface area (Å²) in [4.78, 5) is 13.1. The van der Waals surface area contributed by atoms with Gasteiger partial charge in [0.2, 0.25) is 11.8 Å². The van der Waals surface area contributed by atoms with Gasteiger partial charge >= 0.3 is 0 Å². The van der Waals surface area contributed by atoms with Crippen LogP contribution >= 0.6 is 0 Å². The highest BCUT2D eigenvalue weighted by Crippen LogP contribution is 2.58. The van der Waals surface area contributed by atoms with Crippen LogP contribution in [0.25, 0.3) is 0 Å². The maximum absolute atomic E-state index is 13.4. The summed E-state index contributed by atoms with van der Waals surface area (Å²) in [6, 6.07) is 8.02. The molecule has 5 rings (SSSR count). The predicted molar refractivity (Wildman–Crippen MR) is 119 cm³/mol. The van der Waals surface area contributed by atoms with E-state index in [9.17, 15) is 18.0 Å². The molecule has 0 aliphatic heterocycles. The Bertz CT molecular complexity index is 815. The smallest absolute Gasteiger partial charge is 0.248 e. The van der Waals surface area contributed by atoms with Gasteiger partial charge < -0.3 is 10.1 Å². The Morgan fingerprint density at radius 1 is 1.03 bits per heavy atom. The molecule has 4 fully saturated rings. The average molecular weight is 450 g/mol. The minimum Gasteiger partial charge on any atom is -0.489 e. The fourth-order valence-corrected chi connectivity index (χ4v) is 5.77. The number of benzene rings is 1. The molecular weight excluding hydrogens is 415 g/mol. The van der Waals surface area contributed by atoms with Crippen LogP contribution in [-0.4, -0.2) is 24.5 Å². The molecule has 0 aromatic heterocycles. The topological polar surface area (TPSA) is 38.3 Å². The highest BCUT2D eigenvalue weighted by Gasteiger charge is 2.53. The lowest BCUT2D eigenvalue weighted by Crippen LogP contribution is -2.54. The zero-order valence-electron chi connectivity index (χ0n) is 18.9. The number of amides is 1. The highest BCUT2D eigenvalue weighted by atomic mass is 19.3. The summed E-state index contributed by atoms with van der Waals surface area (Å²) in [5.41, 5.74) is 1.68. The molecular formula is C26H34F3NO2. The molecule has 176 valence electrons. The molecule has 0 heterocycles. The van der Waals surface area contributed by atoms with Gasteiger partial charge in [-0.15, -0.1) is 0 Å². The Morgan fingerprint density at radius 2 is 1.62 bits per heavy atom. The number of rotatable bonds is 7. The second-order valence-corrected chi connectivity index (χ2v) is 10.1. The lowest BCUT2D eigenvalue weighted by Gasteiger charge is -2.53. The molecule has 1 N–H and O–H groups in total. The number of carbonyl (C=O) groups excluding carboxylic acids is 1. The fraction of sp³-hybridized carbons (Fsp3) is 0.654. The van der Waals surface area contributed by atoms with Crippen LogP contribution in [0, 0.1) is 5.41 Å². The summed E-state index contributed by atoms with van der Waals surface area (Å²) in [6.07, 6.45) is 7.17. The van der Waals surface area contributed by atoms with Crippen molar-refractivity contribution in [2.45, 2.75) is 94.9 Å². The van der Waals surface area contributed by atoms with E-state index in [1.54, 1.807) is 0 Å². The maximum Gasteiger partial charge on any atom is 0.248 e. The molecule has 6 heteroatoms. The van der Waals surface area contributed by atoms with Crippen molar-refractivity contribution < 1.29 is 22.7 Å². The first-order chi connectivity index (χ1) is 15.3. The van der Waals surface area contributed by atoms with E-state index in [0.29, 0.717) is 31.2 Å². The van der Waals surface area contributed by atoms with Crippen LogP contribution in [0.1, 0.15) is 83.1 Å². The molecule has 4 saturated carbocycles. The van der Waals surface area contributed by atoms with E-state index >= 15 is 0 Å². The van der Waals surface area contributed by atoms with E-state index < -0.39 is 5.92 Å². The number of hydrogen-bond donors (Lipinski definition) is 1. The summed E-state index contributed by atoms with van der Waals surface area (Å²) in [7, 11) is 0. The summed E-state index contributed by atoms with van der Waals surface area (Å²) >= 11 is 0. The van der Waals surface area contributed by atoms with Crippen molar-refractivity contribution in [2.24, 2.45) is 5.41 Å². The Kier molecular flexibility index (Phi) is 6.60. The summed E-state index contributed by atoms with van der Waals surface area (Å²) in [6.45, 7) is 2.16. The molecule has 32 heavy (non-hydrogen) atoms. The normalized spacial score (nSPS) is 30.2. The minimum absolute atomic E-state index is 0.0809. The fourth-order valence-electron chi connectivity index (χ4n) is 5.77. The van der Waals surface area contributed by atoms with E-state index in [4.69, 9.17) is 4.74 Å². The van der Waals surface area contributed by atoms with Crippen molar-refractivity contribution >= 4 is 5.91 Å². The first kappa shape index (κ1) is 23.2. The summed E-state index contributed by atoms with van der Waals surface area (Å²) in [5.74, 6) is -1.76.